The lowest BCUT2D eigenvalue weighted by molar-refractivity contribution is -0.332. The van der Waals surface area contributed by atoms with E-state index in [4.69, 9.17) is 28.4 Å². The molecule has 0 aromatic heterocycles. The van der Waals surface area contributed by atoms with Gasteiger partial charge in [0, 0.05) is 13.0 Å². The van der Waals surface area contributed by atoms with Crippen LogP contribution in [0.15, 0.2) is 0 Å². The van der Waals surface area contributed by atoms with Crippen molar-refractivity contribution < 1.29 is 69.0 Å². The fraction of sp³-hybridized carbons (Fsp3) is 0.983. The molecule has 11 atom stereocenters. The number of hydrogen-bond donors (Lipinski definition) is 7. The number of rotatable bonds is 50. The van der Waals surface area contributed by atoms with Gasteiger partial charge in [-0.1, -0.05) is 245 Å². The summed E-state index contributed by atoms with van der Waals surface area (Å²) in [6, 6.07) is 0. The molecule has 0 spiro atoms. The van der Waals surface area contributed by atoms with E-state index in [9.17, 15) is 40.5 Å². The highest BCUT2D eigenvalue weighted by Gasteiger charge is 2.47. The minimum atomic E-state index is -1.70. The van der Waals surface area contributed by atoms with Crippen LogP contribution in [0.4, 0.5) is 0 Å². The van der Waals surface area contributed by atoms with Crippen molar-refractivity contribution in [3.05, 3.63) is 0 Å². The molecular weight excluding hydrogens is 921 g/mol. The zero-order chi connectivity index (χ0) is 52.3. The quantitative estimate of drug-likeness (QED) is 0.0223. The number of hydrogen-bond acceptors (Lipinski definition) is 14. The summed E-state index contributed by atoms with van der Waals surface area (Å²) in [6.45, 7) is 3.76. The van der Waals surface area contributed by atoms with Crippen LogP contribution in [0.2, 0.25) is 0 Å². The van der Waals surface area contributed by atoms with Crippen LogP contribution in [0.1, 0.15) is 264 Å². The average molecular weight is 1030 g/mol. The van der Waals surface area contributed by atoms with E-state index in [2.05, 4.69) is 13.8 Å². The zero-order valence-corrected chi connectivity index (χ0v) is 46.0. The standard InChI is InChI=1S/C58H112O14/c1-3-5-7-9-11-13-15-17-19-20-21-22-23-24-25-26-27-28-29-31-33-35-37-39-41-50(60)70-47(44-67-42-40-38-36-34-32-30-18-16-14-12-10-8-6-4-2)45-68-57-56(66)54(64)52(62)49(72-57)46-69-58-55(65)53(63)51(61)48(43-59)71-58/h47-49,51-59,61-66H,3-46H2,1-2H3. The maximum absolute atomic E-state index is 13.1. The summed E-state index contributed by atoms with van der Waals surface area (Å²) in [6.07, 6.45) is 33.1. The molecule has 0 amide bonds. The van der Waals surface area contributed by atoms with Crippen molar-refractivity contribution in [1.29, 1.82) is 0 Å². The van der Waals surface area contributed by atoms with Gasteiger partial charge in [-0.05, 0) is 12.8 Å². The molecule has 0 aliphatic carbocycles. The minimum Gasteiger partial charge on any atom is -0.457 e. The van der Waals surface area contributed by atoms with Crippen molar-refractivity contribution in [1.82, 2.24) is 0 Å². The van der Waals surface area contributed by atoms with E-state index in [1.807, 2.05) is 0 Å². The summed E-state index contributed by atoms with van der Waals surface area (Å²) in [5.41, 5.74) is 0. The normalized spacial score (nSPS) is 25.0. The number of carbonyl (C=O) groups is 1. The third-order valence-electron chi connectivity index (χ3n) is 14.9. The number of ether oxygens (including phenoxy) is 6. The zero-order valence-electron chi connectivity index (χ0n) is 46.0. The van der Waals surface area contributed by atoms with Gasteiger partial charge < -0.3 is 64.2 Å². The molecule has 0 radical (unpaired) electrons. The van der Waals surface area contributed by atoms with E-state index in [0.717, 1.165) is 44.9 Å². The van der Waals surface area contributed by atoms with Crippen molar-refractivity contribution in [2.75, 3.05) is 33.0 Å². The highest BCUT2D eigenvalue weighted by molar-refractivity contribution is 5.69. The summed E-state index contributed by atoms with van der Waals surface area (Å²) in [5, 5.41) is 72.3. The van der Waals surface area contributed by atoms with Gasteiger partial charge in [-0.15, -0.1) is 0 Å². The number of unbranched alkanes of at least 4 members (excludes halogenated alkanes) is 36. The first kappa shape index (κ1) is 67.1. The van der Waals surface area contributed by atoms with Gasteiger partial charge in [0.15, 0.2) is 12.6 Å². The Morgan fingerprint density at radius 3 is 1.12 bits per heavy atom. The van der Waals surface area contributed by atoms with Crippen molar-refractivity contribution in [2.45, 2.75) is 332 Å². The molecule has 2 saturated heterocycles. The summed E-state index contributed by atoms with van der Waals surface area (Å²) in [5.74, 6) is -0.367. The molecule has 0 aromatic rings. The van der Waals surface area contributed by atoms with Crippen molar-refractivity contribution in [2.24, 2.45) is 0 Å². The molecular formula is C58H112O14. The highest BCUT2D eigenvalue weighted by atomic mass is 16.7. The summed E-state index contributed by atoms with van der Waals surface area (Å²) in [7, 11) is 0. The molecule has 0 bridgehead atoms. The van der Waals surface area contributed by atoms with Crippen LogP contribution in [-0.2, 0) is 33.2 Å². The van der Waals surface area contributed by atoms with E-state index in [-0.39, 0.29) is 25.6 Å². The van der Waals surface area contributed by atoms with Crippen LogP contribution in [0.3, 0.4) is 0 Å². The van der Waals surface area contributed by atoms with E-state index < -0.39 is 80.7 Å². The first-order valence-corrected chi connectivity index (χ1v) is 30.1. The largest absolute Gasteiger partial charge is 0.457 e. The van der Waals surface area contributed by atoms with E-state index >= 15 is 0 Å². The molecule has 14 nitrogen and oxygen atoms in total. The molecule has 2 fully saturated rings. The maximum atomic E-state index is 13.1. The number of esters is 1. The molecule has 11 unspecified atom stereocenters. The van der Waals surface area contributed by atoms with Crippen LogP contribution < -0.4 is 0 Å². The van der Waals surface area contributed by atoms with Crippen LogP contribution in [0.25, 0.3) is 0 Å². The lowest BCUT2D eigenvalue weighted by atomic mass is 9.98. The summed E-state index contributed by atoms with van der Waals surface area (Å²) < 4.78 is 34.4. The average Bonchev–Trinajstić information content (AvgIpc) is 3.38. The van der Waals surface area contributed by atoms with Gasteiger partial charge in [-0.25, -0.2) is 0 Å². The second kappa shape index (κ2) is 46.1. The van der Waals surface area contributed by atoms with E-state index in [0.29, 0.717) is 6.61 Å². The Labute approximate surface area is 438 Å². The Morgan fingerprint density at radius 1 is 0.403 bits per heavy atom. The maximum Gasteiger partial charge on any atom is 0.306 e. The molecule has 7 N–H and O–H groups in total. The Morgan fingerprint density at radius 2 is 0.736 bits per heavy atom. The number of aliphatic hydroxyl groups is 7. The molecule has 0 aromatic carbocycles. The van der Waals surface area contributed by atoms with Crippen LogP contribution in [-0.4, -0.2) is 142 Å². The van der Waals surface area contributed by atoms with Gasteiger partial charge in [0.05, 0.1) is 26.4 Å². The molecule has 428 valence electrons. The van der Waals surface area contributed by atoms with Gasteiger partial charge in [0.2, 0.25) is 0 Å². The fourth-order valence-electron chi connectivity index (χ4n) is 9.99. The van der Waals surface area contributed by atoms with Crippen LogP contribution in [0, 0.1) is 0 Å². The lowest BCUT2D eigenvalue weighted by Crippen LogP contribution is -2.61. The second-order valence-corrected chi connectivity index (χ2v) is 21.5. The Kier molecular flexibility index (Phi) is 43.0. The van der Waals surface area contributed by atoms with Crippen molar-refractivity contribution in [3.63, 3.8) is 0 Å². The molecule has 2 heterocycles. The summed E-state index contributed by atoms with van der Waals surface area (Å²) in [4.78, 5) is 13.1. The Balaban J connectivity index is 1.66. The predicted octanol–water partition coefficient (Wildman–Crippen LogP) is 10.8. The SMILES string of the molecule is CCCCCCCCCCCCCCCCCCCCCCCCCCC(=O)OC(COCCCCCCCCCCCCCCCC)COC1OC(COC2OC(CO)C(O)C(O)C2O)C(O)C(O)C1O. The van der Waals surface area contributed by atoms with Gasteiger partial charge in [0.1, 0.15) is 54.9 Å². The van der Waals surface area contributed by atoms with E-state index in [1.54, 1.807) is 0 Å². The van der Waals surface area contributed by atoms with Gasteiger partial charge in [0.25, 0.3) is 0 Å². The smallest absolute Gasteiger partial charge is 0.306 e. The Bertz CT molecular complexity index is 1200. The molecule has 2 aliphatic rings. The van der Waals surface area contributed by atoms with Gasteiger partial charge >= 0.3 is 5.97 Å². The molecule has 2 aliphatic heterocycles. The first-order chi connectivity index (χ1) is 35.1. The van der Waals surface area contributed by atoms with Crippen molar-refractivity contribution >= 4 is 5.97 Å². The fourth-order valence-corrected chi connectivity index (χ4v) is 9.99. The lowest BCUT2D eigenvalue weighted by Gasteiger charge is -2.42. The second-order valence-electron chi connectivity index (χ2n) is 21.5. The number of aliphatic hydroxyl groups excluding tert-OH is 7. The summed E-state index contributed by atoms with van der Waals surface area (Å²) >= 11 is 0. The molecule has 2 rings (SSSR count). The highest BCUT2D eigenvalue weighted by Crippen LogP contribution is 2.27. The van der Waals surface area contributed by atoms with Crippen LogP contribution in [0.5, 0.6) is 0 Å². The third kappa shape index (κ3) is 32.5. The topological polar surface area (TPSA) is 214 Å². The van der Waals surface area contributed by atoms with Gasteiger partial charge in [-0.3, -0.25) is 4.79 Å². The minimum absolute atomic E-state index is 0.0707. The van der Waals surface area contributed by atoms with Crippen LogP contribution >= 0.6 is 0 Å². The van der Waals surface area contributed by atoms with Crippen molar-refractivity contribution in [3.8, 4) is 0 Å². The molecule has 14 heteroatoms. The molecule has 0 saturated carbocycles. The third-order valence-corrected chi connectivity index (χ3v) is 14.9. The van der Waals surface area contributed by atoms with E-state index in [1.165, 1.54) is 199 Å². The van der Waals surface area contributed by atoms with Gasteiger partial charge in [-0.2, -0.15) is 0 Å². The number of carbonyl (C=O) groups excluding carboxylic acids is 1. The first-order valence-electron chi connectivity index (χ1n) is 30.1. The monoisotopic (exact) mass is 1030 g/mol. The Hall–Kier alpha value is -1.01. The molecule has 72 heavy (non-hydrogen) atoms. The predicted molar refractivity (Wildman–Crippen MR) is 284 cm³/mol.